The van der Waals surface area contributed by atoms with Crippen LogP contribution in [-0.2, 0) is 40.0 Å². The zero-order valence-corrected chi connectivity index (χ0v) is 23.0. The molecule has 0 bridgehead atoms. The first-order chi connectivity index (χ1) is 19.7. The fraction of sp³-hybridized carbons (Fsp3) is 0.458. The van der Waals surface area contributed by atoms with Crippen LogP contribution in [-0.4, -0.2) is 110 Å². The minimum atomic E-state index is -1.84. The Hall–Kier alpha value is -4.42. The van der Waals surface area contributed by atoms with Crippen molar-refractivity contribution in [1.29, 1.82) is 0 Å². The van der Waals surface area contributed by atoms with Crippen LogP contribution in [0.2, 0.25) is 0 Å². The molecule has 11 N–H and O–H groups in total. The van der Waals surface area contributed by atoms with Gasteiger partial charge < -0.3 is 52.5 Å². The second-order valence-corrected chi connectivity index (χ2v) is 9.32. The van der Waals surface area contributed by atoms with Gasteiger partial charge in [0.1, 0.15) is 29.9 Å². The van der Waals surface area contributed by atoms with E-state index in [0.717, 1.165) is 0 Å². The Bertz CT molecular complexity index is 1150. The molecule has 0 aliphatic rings. The summed E-state index contributed by atoms with van der Waals surface area (Å²) in [5.41, 5.74) is 6.14. The highest BCUT2D eigenvalue weighted by atomic mass is 32.1. The number of carbonyl (C=O) groups is 7. The number of carboxylic acids is 3. The molecule has 232 valence electrons. The van der Waals surface area contributed by atoms with Crippen molar-refractivity contribution < 1.29 is 59.1 Å². The van der Waals surface area contributed by atoms with Crippen LogP contribution >= 0.6 is 12.6 Å². The van der Waals surface area contributed by atoms with Gasteiger partial charge in [0.05, 0.1) is 19.1 Å². The third-order valence-electron chi connectivity index (χ3n) is 5.64. The lowest BCUT2D eigenvalue weighted by Gasteiger charge is -2.25. The highest BCUT2D eigenvalue weighted by Gasteiger charge is 2.32. The van der Waals surface area contributed by atoms with Crippen molar-refractivity contribution in [1.82, 2.24) is 21.3 Å². The third kappa shape index (κ3) is 12.4. The SMILES string of the molecule is NC(CCC(=O)O)C(=O)NC(Cc1ccc(O)cc1)C(=O)NC(CC(=O)O)C(=O)NC(CO)C(=O)NC(CS)C(=O)O. The topological polar surface area (TPSA) is 295 Å². The van der Waals surface area contributed by atoms with Gasteiger partial charge in [-0.25, -0.2) is 4.79 Å². The number of phenols is 1. The number of thiol groups is 1. The average Bonchev–Trinajstić information content (AvgIpc) is 2.92. The number of aliphatic carboxylic acids is 3. The van der Waals surface area contributed by atoms with Crippen LogP contribution < -0.4 is 27.0 Å². The molecule has 0 saturated heterocycles. The number of carbonyl (C=O) groups excluding carboxylic acids is 4. The van der Waals surface area contributed by atoms with E-state index in [0.29, 0.717) is 5.56 Å². The van der Waals surface area contributed by atoms with E-state index >= 15 is 0 Å². The minimum Gasteiger partial charge on any atom is -0.508 e. The molecule has 0 spiro atoms. The zero-order chi connectivity index (χ0) is 32.0. The number of nitrogens with two attached hydrogens (primary N) is 1. The monoisotopic (exact) mass is 615 g/mol. The van der Waals surface area contributed by atoms with Gasteiger partial charge in [0.25, 0.3) is 0 Å². The fourth-order valence-electron chi connectivity index (χ4n) is 3.35. The van der Waals surface area contributed by atoms with E-state index in [4.69, 9.17) is 15.9 Å². The van der Waals surface area contributed by atoms with Gasteiger partial charge >= 0.3 is 17.9 Å². The number of rotatable bonds is 18. The summed E-state index contributed by atoms with van der Waals surface area (Å²) in [7, 11) is 0. The second-order valence-electron chi connectivity index (χ2n) is 8.96. The van der Waals surface area contributed by atoms with Gasteiger partial charge in [-0.15, -0.1) is 0 Å². The van der Waals surface area contributed by atoms with Crippen LogP contribution in [0.25, 0.3) is 0 Å². The van der Waals surface area contributed by atoms with E-state index in [1.54, 1.807) is 0 Å². The molecule has 5 unspecified atom stereocenters. The maximum atomic E-state index is 13.2. The van der Waals surface area contributed by atoms with Gasteiger partial charge in [-0.05, 0) is 24.1 Å². The number of nitrogens with one attached hydrogen (secondary N) is 4. The zero-order valence-electron chi connectivity index (χ0n) is 22.1. The summed E-state index contributed by atoms with van der Waals surface area (Å²) in [5.74, 6) is -8.94. The molecule has 0 aromatic heterocycles. The molecule has 0 heterocycles. The largest absolute Gasteiger partial charge is 0.508 e. The van der Waals surface area contributed by atoms with Crippen molar-refractivity contribution in [3.05, 3.63) is 29.8 Å². The molecule has 1 aromatic rings. The highest BCUT2D eigenvalue weighted by molar-refractivity contribution is 7.80. The molecule has 1 aromatic carbocycles. The summed E-state index contributed by atoms with van der Waals surface area (Å²) in [6.45, 7) is -1.02. The first-order valence-corrected chi connectivity index (χ1v) is 12.9. The van der Waals surface area contributed by atoms with Crippen LogP contribution in [0.15, 0.2) is 24.3 Å². The lowest BCUT2D eigenvalue weighted by atomic mass is 10.0. The van der Waals surface area contributed by atoms with Crippen molar-refractivity contribution in [3.8, 4) is 5.75 Å². The Kier molecular flexibility index (Phi) is 14.8. The molecular weight excluding hydrogens is 582 g/mol. The molecule has 18 heteroatoms. The summed E-state index contributed by atoms with van der Waals surface area (Å²) in [6.07, 6.45) is -1.93. The number of hydrogen-bond acceptors (Lipinski definition) is 11. The summed E-state index contributed by atoms with van der Waals surface area (Å²) in [5, 5.41) is 54.8. The van der Waals surface area contributed by atoms with Crippen LogP contribution in [0, 0.1) is 0 Å². The van der Waals surface area contributed by atoms with E-state index in [2.05, 4.69) is 23.3 Å². The van der Waals surface area contributed by atoms with Gasteiger partial charge in [0.15, 0.2) is 0 Å². The van der Waals surface area contributed by atoms with Crippen molar-refractivity contribution in [2.75, 3.05) is 12.4 Å². The Morgan fingerprint density at radius 3 is 1.74 bits per heavy atom. The highest BCUT2D eigenvalue weighted by Crippen LogP contribution is 2.12. The molecule has 17 nitrogen and oxygen atoms in total. The van der Waals surface area contributed by atoms with Crippen LogP contribution in [0.5, 0.6) is 5.75 Å². The summed E-state index contributed by atoms with van der Waals surface area (Å²) >= 11 is 3.79. The lowest BCUT2D eigenvalue weighted by Crippen LogP contribution is -2.60. The lowest BCUT2D eigenvalue weighted by molar-refractivity contribution is -0.143. The molecule has 0 fully saturated rings. The Morgan fingerprint density at radius 2 is 1.24 bits per heavy atom. The van der Waals surface area contributed by atoms with E-state index in [-0.39, 0.29) is 24.3 Å². The first-order valence-electron chi connectivity index (χ1n) is 12.3. The van der Waals surface area contributed by atoms with Gasteiger partial charge in [0.2, 0.25) is 23.6 Å². The van der Waals surface area contributed by atoms with Gasteiger partial charge in [-0.3, -0.25) is 28.8 Å². The number of benzene rings is 1. The summed E-state index contributed by atoms with van der Waals surface area (Å²) in [4.78, 5) is 84.4. The number of phenolic OH excluding ortho intramolecular Hbond substituents is 1. The quantitative estimate of drug-likeness (QED) is 0.0717. The number of amides is 4. The summed E-state index contributed by atoms with van der Waals surface area (Å²) < 4.78 is 0. The molecule has 5 atom stereocenters. The number of aliphatic hydroxyl groups excluding tert-OH is 1. The van der Waals surface area contributed by atoms with Crippen molar-refractivity contribution in [2.45, 2.75) is 55.9 Å². The van der Waals surface area contributed by atoms with E-state index < -0.39 is 91.2 Å². The van der Waals surface area contributed by atoms with E-state index in [9.17, 15) is 48.9 Å². The minimum absolute atomic E-state index is 0.0933. The molecular formula is C24H33N5O12S. The number of aliphatic hydroxyl groups is 1. The fourth-order valence-corrected chi connectivity index (χ4v) is 3.59. The van der Waals surface area contributed by atoms with Gasteiger partial charge in [0, 0.05) is 18.6 Å². The number of aromatic hydroxyl groups is 1. The molecule has 0 radical (unpaired) electrons. The van der Waals surface area contributed by atoms with Crippen molar-refractivity contribution in [3.63, 3.8) is 0 Å². The smallest absolute Gasteiger partial charge is 0.327 e. The Balaban J connectivity index is 3.15. The molecule has 0 aliphatic heterocycles. The second kappa shape index (κ2) is 17.4. The van der Waals surface area contributed by atoms with Crippen LogP contribution in [0.1, 0.15) is 24.8 Å². The maximum absolute atomic E-state index is 13.2. The maximum Gasteiger partial charge on any atom is 0.327 e. The Morgan fingerprint density at radius 1 is 0.738 bits per heavy atom. The number of hydrogen-bond donors (Lipinski definition) is 11. The predicted molar refractivity (Wildman–Crippen MR) is 145 cm³/mol. The summed E-state index contributed by atoms with van der Waals surface area (Å²) in [6, 6.07) is -2.38. The van der Waals surface area contributed by atoms with Crippen molar-refractivity contribution in [2.24, 2.45) is 5.73 Å². The van der Waals surface area contributed by atoms with Gasteiger partial charge in [-0.2, -0.15) is 12.6 Å². The molecule has 0 saturated carbocycles. The van der Waals surface area contributed by atoms with Crippen LogP contribution in [0.4, 0.5) is 0 Å². The molecule has 0 aliphatic carbocycles. The standard InChI is InChI=1S/C24H33N5O12S/c25-13(5-6-18(32)33)20(36)26-14(7-11-1-3-12(31)4-2-11)21(37)27-15(8-19(34)35)22(38)28-16(9-30)23(39)29-17(10-42)24(40)41/h1-4,13-17,30-31,42H,5-10,25H2,(H,26,36)(H,27,37)(H,28,38)(H,29,39)(H,32,33)(H,34,35)(H,40,41). The molecule has 42 heavy (non-hydrogen) atoms. The van der Waals surface area contributed by atoms with E-state index in [1.165, 1.54) is 24.3 Å². The average molecular weight is 616 g/mol. The van der Waals surface area contributed by atoms with Crippen molar-refractivity contribution >= 4 is 54.2 Å². The van der Waals surface area contributed by atoms with E-state index in [1.807, 2.05) is 10.6 Å². The molecule has 4 amide bonds. The third-order valence-corrected chi connectivity index (χ3v) is 6.00. The normalized spacial score (nSPS) is 14.3. The Labute approximate surface area is 244 Å². The number of carboxylic acid groups (broad SMARTS) is 3. The first kappa shape index (κ1) is 35.6. The predicted octanol–water partition coefficient (Wildman–Crippen LogP) is -3.45. The van der Waals surface area contributed by atoms with Gasteiger partial charge in [-0.1, -0.05) is 12.1 Å². The molecule has 1 rings (SSSR count). The van der Waals surface area contributed by atoms with Crippen LogP contribution in [0.3, 0.4) is 0 Å².